The van der Waals surface area contributed by atoms with Crippen molar-refractivity contribution < 1.29 is 14.0 Å². The molecule has 4 aromatic carbocycles. The first kappa shape index (κ1) is 35.6. The lowest BCUT2D eigenvalue weighted by Gasteiger charge is -2.33. The summed E-state index contributed by atoms with van der Waals surface area (Å²) in [4.78, 5) is 36.0. The topological polar surface area (TPSA) is 58.4 Å². The Balaban J connectivity index is 0.00000451. The molecule has 1 fully saturated rings. The maximum absolute atomic E-state index is 13.9. The zero-order valence-corrected chi connectivity index (χ0v) is 29.0. The SMILES string of the molecule is CN(CC(CCN1CCC(C(=O)c2nc3ccccc3n2Cc2ccc(F)cc2)CC1)c1ccc(Cl)c(Cl)c1)C(=O)c1ccccc1.Cl. The first-order chi connectivity index (χ1) is 22.8. The zero-order chi connectivity index (χ0) is 32.9. The number of fused-ring (bicyclic) bond motifs is 1. The van der Waals surface area contributed by atoms with Gasteiger partial charge in [0.05, 0.1) is 21.1 Å². The largest absolute Gasteiger partial charge is 0.341 e. The first-order valence-corrected chi connectivity index (χ1v) is 16.7. The molecule has 48 heavy (non-hydrogen) atoms. The molecule has 1 amide bonds. The van der Waals surface area contributed by atoms with Crippen LogP contribution < -0.4 is 0 Å². The second-order valence-corrected chi connectivity index (χ2v) is 13.1. The molecule has 1 aliphatic heterocycles. The molecular weight excluding hydrogens is 670 g/mol. The van der Waals surface area contributed by atoms with E-state index in [0.717, 1.165) is 61.1 Å². The van der Waals surface area contributed by atoms with Crippen molar-refractivity contribution in [3.8, 4) is 0 Å². The maximum Gasteiger partial charge on any atom is 0.253 e. The van der Waals surface area contributed by atoms with Gasteiger partial charge in [-0.05, 0) is 98.6 Å². The van der Waals surface area contributed by atoms with Crippen molar-refractivity contribution in [2.45, 2.75) is 31.7 Å². The number of halogens is 4. The molecular formula is C38H38Cl3FN4O2. The molecule has 0 spiro atoms. The van der Waals surface area contributed by atoms with Crippen molar-refractivity contribution in [1.82, 2.24) is 19.4 Å². The van der Waals surface area contributed by atoms with Crippen LogP contribution in [0.2, 0.25) is 10.0 Å². The number of hydrogen-bond donors (Lipinski definition) is 0. The van der Waals surface area contributed by atoms with Gasteiger partial charge >= 0.3 is 0 Å². The molecule has 6 rings (SSSR count). The normalized spacial score (nSPS) is 14.4. The second kappa shape index (κ2) is 16.1. The molecule has 0 saturated carbocycles. The van der Waals surface area contributed by atoms with Gasteiger partial charge in [0.2, 0.25) is 5.78 Å². The number of ketones is 1. The summed E-state index contributed by atoms with van der Waals surface area (Å²) >= 11 is 12.6. The van der Waals surface area contributed by atoms with Crippen molar-refractivity contribution in [1.29, 1.82) is 0 Å². The van der Waals surface area contributed by atoms with Gasteiger partial charge in [0, 0.05) is 37.5 Å². The quantitative estimate of drug-likeness (QED) is 0.129. The number of likely N-dealkylation sites (N-methyl/N-ethyl adjacent to an activating group) is 1. The number of Topliss-reactive ketones (excluding diaryl/α,β-unsaturated/α-hetero) is 1. The summed E-state index contributed by atoms with van der Waals surface area (Å²) in [5.41, 5.74) is 4.27. The van der Waals surface area contributed by atoms with Crippen molar-refractivity contribution in [2.75, 3.05) is 33.2 Å². The minimum atomic E-state index is -0.289. The molecule has 0 radical (unpaired) electrons. The number of nitrogens with zero attached hydrogens (tertiary/aromatic N) is 4. The number of piperidine rings is 1. The average Bonchev–Trinajstić information content (AvgIpc) is 3.46. The standard InChI is InChI=1S/C38H37Cl2FN4O2.ClH/c1-43(38(47)28-7-3-2-4-8-28)25-30(29-13-16-32(39)33(40)23-29)19-22-44-20-17-27(18-21-44)36(46)37-42-34-9-5-6-10-35(34)45(37)24-26-11-14-31(41)15-12-26;/h2-16,23,27,30H,17-22,24-25H2,1H3;1H. The predicted octanol–water partition coefficient (Wildman–Crippen LogP) is 8.79. The molecule has 2 heterocycles. The summed E-state index contributed by atoms with van der Waals surface area (Å²) in [5.74, 6) is 0.116. The molecule has 1 unspecified atom stereocenters. The number of carbonyl (C=O) groups excluding carboxylic acids is 2. The number of imidazole rings is 1. The van der Waals surface area contributed by atoms with Crippen LogP contribution in [-0.4, -0.2) is 64.3 Å². The number of likely N-dealkylation sites (tertiary alicyclic amines) is 1. The van der Waals surface area contributed by atoms with Gasteiger partial charge in [0.15, 0.2) is 5.82 Å². The molecule has 1 aliphatic rings. The van der Waals surface area contributed by atoms with E-state index in [9.17, 15) is 14.0 Å². The van der Waals surface area contributed by atoms with Gasteiger partial charge in [-0.25, -0.2) is 9.37 Å². The highest BCUT2D eigenvalue weighted by atomic mass is 35.5. The Hall–Kier alpha value is -3.75. The lowest BCUT2D eigenvalue weighted by molar-refractivity contribution is 0.0779. The van der Waals surface area contributed by atoms with Gasteiger partial charge in [-0.1, -0.05) is 71.7 Å². The number of aromatic nitrogens is 2. The minimum Gasteiger partial charge on any atom is -0.341 e. The third-order valence-electron chi connectivity index (χ3n) is 9.16. The fourth-order valence-corrected chi connectivity index (χ4v) is 6.79. The number of rotatable bonds is 11. The number of amides is 1. The molecule has 0 N–H and O–H groups in total. The van der Waals surface area contributed by atoms with Crippen molar-refractivity contribution in [3.05, 3.63) is 135 Å². The molecule has 1 aromatic heterocycles. The highest BCUT2D eigenvalue weighted by Crippen LogP contribution is 2.31. The number of carbonyl (C=O) groups is 2. The molecule has 0 bridgehead atoms. The fraction of sp³-hybridized carbons (Fsp3) is 0.289. The van der Waals surface area contributed by atoms with Gasteiger partial charge < -0.3 is 14.4 Å². The molecule has 1 saturated heterocycles. The number of para-hydroxylation sites is 2. The Morgan fingerprint density at radius 1 is 0.917 bits per heavy atom. The van der Waals surface area contributed by atoms with Crippen LogP contribution in [0.15, 0.2) is 97.1 Å². The van der Waals surface area contributed by atoms with Crippen LogP contribution in [-0.2, 0) is 6.54 Å². The summed E-state index contributed by atoms with van der Waals surface area (Å²) in [7, 11) is 1.83. The van der Waals surface area contributed by atoms with E-state index in [1.165, 1.54) is 12.1 Å². The summed E-state index contributed by atoms with van der Waals surface area (Å²) in [5, 5.41) is 0.997. The Kier molecular flexibility index (Phi) is 11.9. The highest BCUT2D eigenvalue weighted by Gasteiger charge is 2.30. The number of hydrogen-bond acceptors (Lipinski definition) is 4. The lowest BCUT2D eigenvalue weighted by Crippen LogP contribution is -2.38. The summed E-state index contributed by atoms with van der Waals surface area (Å²) in [6, 6.07) is 29.1. The van der Waals surface area contributed by atoms with Crippen LogP contribution in [0.5, 0.6) is 0 Å². The summed E-state index contributed by atoms with van der Waals surface area (Å²) in [6.45, 7) is 3.38. The Morgan fingerprint density at radius 2 is 1.60 bits per heavy atom. The van der Waals surface area contributed by atoms with Crippen LogP contribution in [0.1, 0.15) is 57.3 Å². The van der Waals surface area contributed by atoms with E-state index in [0.29, 0.717) is 34.5 Å². The van der Waals surface area contributed by atoms with Gasteiger partial charge in [-0.3, -0.25) is 9.59 Å². The molecule has 0 aliphatic carbocycles. The van der Waals surface area contributed by atoms with Crippen LogP contribution in [0.3, 0.4) is 0 Å². The van der Waals surface area contributed by atoms with Gasteiger partial charge in [0.25, 0.3) is 5.91 Å². The summed E-state index contributed by atoms with van der Waals surface area (Å²) in [6.07, 6.45) is 2.29. The van der Waals surface area contributed by atoms with E-state index in [1.807, 2.05) is 84.4 Å². The van der Waals surface area contributed by atoms with Crippen LogP contribution in [0, 0.1) is 11.7 Å². The van der Waals surface area contributed by atoms with E-state index >= 15 is 0 Å². The van der Waals surface area contributed by atoms with Crippen LogP contribution >= 0.6 is 35.6 Å². The summed E-state index contributed by atoms with van der Waals surface area (Å²) < 4.78 is 15.5. The monoisotopic (exact) mass is 706 g/mol. The molecule has 1 atom stereocenters. The first-order valence-electron chi connectivity index (χ1n) is 16.0. The lowest BCUT2D eigenvalue weighted by atomic mass is 9.90. The van der Waals surface area contributed by atoms with Crippen molar-refractivity contribution in [3.63, 3.8) is 0 Å². The Labute approximate surface area is 296 Å². The zero-order valence-electron chi connectivity index (χ0n) is 26.7. The van der Waals surface area contributed by atoms with Gasteiger partial charge in [-0.2, -0.15) is 0 Å². The van der Waals surface area contributed by atoms with Crippen LogP contribution in [0.4, 0.5) is 4.39 Å². The van der Waals surface area contributed by atoms with Gasteiger partial charge in [-0.15, -0.1) is 12.4 Å². The molecule has 250 valence electrons. The van der Waals surface area contributed by atoms with Crippen LogP contribution in [0.25, 0.3) is 11.0 Å². The molecule has 6 nitrogen and oxygen atoms in total. The van der Waals surface area contributed by atoms with E-state index in [-0.39, 0.29) is 41.8 Å². The number of benzene rings is 4. The minimum absolute atomic E-state index is 0. The van der Waals surface area contributed by atoms with Crippen molar-refractivity contribution in [2.24, 2.45) is 5.92 Å². The third kappa shape index (κ3) is 8.27. The average molecular weight is 708 g/mol. The van der Waals surface area contributed by atoms with Gasteiger partial charge in [0.1, 0.15) is 5.82 Å². The third-order valence-corrected chi connectivity index (χ3v) is 9.90. The van der Waals surface area contributed by atoms with E-state index in [1.54, 1.807) is 17.0 Å². The van der Waals surface area contributed by atoms with E-state index in [4.69, 9.17) is 28.2 Å². The molecule has 10 heteroatoms. The van der Waals surface area contributed by atoms with E-state index < -0.39 is 0 Å². The smallest absolute Gasteiger partial charge is 0.253 e. The predicted molar refractivity (Wildman–Crippen MR) is 193 cm³/mol. The Bertz CT molecular complexity index is 1860. The van der Waals surface area contributed by atoms with Crippen molar-refractivity contribution >= 4 is 58.3 Å². The maximum atomic E-state index is 13.9. The second-order valence-electron chi connectivity index (χ2n) is 12.3. The Morgan fingerprint density at radius 3 is 2.31 bits per heavy atom. The van der Waals surface area contributed by atoms with E-state index in [2.05, 4.69) is 4.90 Å². The fourth-order valence-electron chi connectivity index (χ4n) is 6.48. The molecule has 5 aromatic rings. The highest BCUT2D eigenvalue weighted by molar-refractivity contribution is 6.42.